The molecular weight excluding hydrogens is 1540 g/mol. The maximum atomic E-state index is 12.7. The topological polar surface area (TPSA) is 295 Å². The van der Waals surface area contributed by atoms with E-state index >= 15 is 0 Å². The lowest BCUT2D eigenvalue weighted by atomic mass is 9.87. The number of halogens is 1. The first-order chi connectivity index (χ1) is 56.1. The Bertz CT molecular complexity index is 4130. The molecule has 6 aliphatic heterocycles. The van der Waals surface area contributed by atoms with Crippen LogP contribution in [-0.2, 0) is 21.1 Å². The number of oxazole rings is 1. The third kappa shape index (κ3) is 28.6. The second-order valence-electron chi connectivity index (χ2n) is 38.1. The van der Waals surface area contributed by atoms with Crippen LogP contribution < -0.4 is 26.6 Å². The number of piperidine rings is 6. The van der Waals surface area contributed by atoms with Crippen LogP contribution in [0.25, 0.3) is 0 Å². The number of aromatic nitrogens is 10. The number of carbonyl (C=O) groups excluding carboxylic acids is 6. The van der Waals surface area contributed by atoms with E-state index < -0.39 is 0 Å². The van der Waals surface area contributed by atoms with Gasteiger partial charge >= 0.3 is 0 Å². The summed E-state index contributed by atoms with van der Waals surface area (Å²) in [5.41, 5.74) is 4.05. The maximum absolute atomic E-state index is 12.7. The van der Waals surface area contributed by atoms with Crippen molar-refractivity contribution in [1.82, 2.24) is 110 Å². The number of pyridine rings is 1. The summed E-state index contributed by atoms with van der Waals surface area (Å²) in [6, 6.07) is 8.91. The second-order valence-corrected chi connectivity index (χ2v) is 38.5. The monoisotopic (exact) mass is 1690 g/mol. The molecule has 6 aliphatic rings. The van der Waals surface area contributed by atoms with Crippen molar-refractivity contribution in [2.75, 3.05) is 85.6 Å². The quantitative estimate of drug-likeness (QED) is 0.0503. The summed E-state index contributed by atoms with van der Waals surface area (Å²) >= 11 is 6.09. The molecule has 6 aromatic rings. The van der Waals surface area contributed by atoms with E-state index in [1.165, 1.54) is 6.26 Å². The van der Waals surface area contributed by atoms with E-state index in [0.29, 0.717) is 81.1 Å². The molecule has 0 saturated carbocycles. The Kier molecular flexibility index (Phi) is 35.9. The van der Waals surface area contributed by atoms with Gasteiger partial charge in [-0.15, -0.1) is 0 Å². The van der Waals surface area contributed by atoms with Crippen LogP contribution in [0.1, 0.15) is 302 Å². The van der Waals surface area contributed by atoms with E-state index in [2.05, 4.69) is 225 Å². The minimum absolute atomic E-state index is 0.00361. The molecule has 12 rings (SSSR count). The largest absolute Gasteiger partial charge is 0.448 e. The molecule has 0 spiro atoms. The van der Waals surface area contributed by atoms with Gasteiger partial charge in [-0.05, 0) is 248 Å². The zero-order chi connectivity index (χ0) is 89.2. The Morgan fingerprint density at radius 3 is 1.17 bits per heavy atom. The molecule has 0 atom stereocenters. The molecule has 120 heavy (non-hydrogen) atoms. The van der Waals surface area contributed by atoms with Gasteiger partial charge in [0.15, 0.2) is 11.6 Å². The molecule has 6 fully saturated rings. The van der Waals surface area contributed by atoms with Crippen LogP contribution >= 0.6 is 11.6 Å². The third-order valence-corrected chi connectivity index (χ3v) is 26.0. The highest BCUT2D eigenvalue weighted by atomic mass is 35.5. The summed E-state index contributed by atoms with van der Waals surface area (Å²) in [5.74, 6) is 0.186. The predicted octanol–water partition coefficient (Wildman–Crippen LogP) is 12.4. The SMILES string of the molecule is CC(C)N1CCC(C)(N(C)C(=O)c2ncccc2Cl)CC1.CC(C)N1CCC(C)(NC(=O)c2ccn(C)n2)CC1.CC(C)N1CCC(C)(NC(=O)c2cnn(C(C)C)c2)CC1.Cc1nc(C(=O)NC2(C)CCN(C(C)C)CC2)co1.Cc1ncn(C)c1C(=O)NC1(C)CCN(C(C)C)CC1.Cc1nn(C)cc1C(=O)NC1(C)CCN(C(C)C)CC1. The van der Waals surface area contributed by atoms with Crippen LogP contribution in [-0.4, -0.2) is 274 Å². The average Bonchev–Trinajstić information content (AvgIpc) is 1.12. The third-order valence-electron chi connectivity index (χ3n) is 25.7. The minimum Gasteiger partial charge on any atom is -0.448 e. The zero-order valence-corrected chi connectivity index (χ0v) is 78.9. The summed E-state index contributed by atoms with van der Waals surface area (Å²) in [5, 5.41) is 28.9. The van der Waals surface area contributed by atoms with Gasteiger partial charge < -0.3 is 69.9 Å². The van der Waals surface area contributed by atoms with Crippen molar-refractivity contribution in [3.05, 3.63) is 118 Å². The van der Waals surface area contributed by atoms with E-state index in [-0.39, 0.29) is 74.7 Å². The molecule has 0 aliphatic carbocycles. The van der Waals surface area contributed by atoms with Crippen molar-refractivity contribution < 1.29 is 33.2 Å². The van der Waals surface area contributed by atoms with E-state index in [0.717, 1.165) is 167 Å². The molecule has 6 aromatic heterocycles. The Hall–Kier alpha value is -7.93. The van der Waals surface area contributed by atoms with Crippen LogP contribution in [0.2, 0.25) is 5.02 Å². The Morgan fingerprint density at radius 1 is 0.458 bits per heavy atom. The fraction of sp³-hybridized carbons (Fsp3) is 0.711. The molecule has 0 unspecified atom stereocenters. The van der Waals surface area contributed by atoms with Crippen LogP contribution in [0.4, 0.5) is 0 Å². The highest BCUT2D eigenvalue weighted by molar-refractivity contribution is 6.33. The summed E-state index contributed by atoms with van der Waals surface area (Å²) in [4.78, 5) is 103. The highest BCUT2D eigenvalue weighted by Crippen LogP contribution is 2.33. The van der Waals surface area contributed by atoms with Gasteiger partial charge in [0.25, 0.3) is 35.4 Å². The predicted molar refractivity (Wildman–Crippen MR) is 478 cm³/mol. The van der Waals surface area contributed by atoms with Crippen molar-refractivity contribution >= 4 is 47.0 Å². The van der Waals surface area contributed by atoms with Gasteiger partial charge in [-0.3, -0.25) is 42.8 Å². The first-order valence-electron chi connectivity index (χ1n) is 44.0. The first kappa shape index (κ1) is 99.2. The number of imidazole rings is 1. The molecule has 6 saturated heterocycles. The molecule has 0 radical (unpaired) electrons. The molecule has 30 heteroatoms. The summed E-state index contributed by atoms with van der Waals surface area (Å²) < 4.78 is 12.0. The number of aryl methyl sites for hydroxylation is 6. The summed E-state index contributed by atoms with van der Waals surface area (Å²) in [7, 11) is 7.38. The fourth-order valence-corrected chi connectivity index (χ4v) is 16.4. The molecule has 670 valence electrons. The van der Waals surface area contributed by atoms with Gasteiger partial charge in [-0.25, -0.2) is 15.0 Å². The van der Waals surface area contributed by atoms with Gasteiger partial charge in [0.1, 0.15) is 23.3 Å². The number of hydrogen-bond acceptors (Lipinski definition) is 19. The second kappa shape index (κ2) is 43.4. The molecule has 0 bridgehead atoms. The van der Waals surface area contributed by atoms with Gasteiger partial charge in [0, 0.05) is 214 Å². The van der Waals surface area contributed by atoms with Crippen molar-refractivity contribution in [3.63, 3.8) is 0 Å². The molecule has 12 heterocycles. The lowest BCUT2D eigenvalue weighted by molar-refractivity contribution is 0.0313. The first-order valence-corrected chi connectivity index (χ1v) is 44.3. The summed E-state index contributed by atoms with van der Waals surface area (Å²) in [6.45, 7) is 61.4. The Morgan fingerprint density at radius 2 is 0.842 bits per heavy atom. The number of nitrogens with one attached hydrogen (secondary N) is 5. The minimum atomic E-state index is -0.144. The molecule has 5 N–H and O–H groups in total. The lowest BCUT2D eigenvalue weighted by Crippen LogP contribution is -2.55. The van der Waals surface area contributed by atoms with Crippen LogP contribution in [0, 0.1) is 20.8 Å². The van der Waals surface area contributed by atoms with Gasteiger partial charge in [-0.1, -0.05) is 11.6 Å². The molecule has 29 nitrogen and oxygen atoms in total. The number of amides is 6. The Labute approximate surface area is 722 Å². The van der Waals surface area contributed by atoms with Crippen molar-refractivity contribution in [2.45, 2.75) is 312 Å². The number of likely N-dealkylation sites (tertiary alicyclic amines) is 6. The molecule has 0 aromatic carbocycles. The lowest BCUT2D eigenvalue weighted by Gasteiger charge is -2.46. The van der Waals surface area contributed by atoms with E-state index in [9.17, 15) is 28.8 Å². The van der Waals surface area contributed by atoms with Crippen molar-refractivity contribution in [3.8, 4) is 0 Å². The van der Waals surface area contributed by atoms with Crippen molar-refractivity contribution in [2.24, 2.45) is 21.1 Å². The maximum Gasteiger partial charge on any atom is 0.274 e. The smallest absolute Gasteiger partial charge is 0.274 e. The normalized spacial score (nSPS) is 19.3. The van der Waals surface area contributed by atoms with Crippen LogP contribution in [0.5, 0.6) is 0 Å². The van der Waals surface area contributed by atoms with E-state index in [1.54, 1.807) is 70.2 Å². The Balaban J connectivity index is 0.000000199. The van der Waals surface area contributed by atoms with Gasteiger partial charge in [0.2, 0.25) is 0 Å². The average molecular weight is 1690 g/mol. The zero-order valence-electron chi connectivity index (χ0n) is 78.1. The van der Waals surface area contributed by atoms with Crippen LogP contribution in [0.3, 0.4) is 0 Å². The van der Waals surface area contributed by atoms with Crippen LogP contribution in [0.15, 0.2) is 66.2 Å². The molecular formula is C90H151ClN22O7. The van der Waals surface area contributed by atoms with Gasteiger partial charge in [0.05, 0.1) is 40.1 Å². The van der Waals surface area contributed by atoms with Crippen molar-refractivity contribution in [1.29, 1.82) is 0 Å². The highest BCUT2D eigenvalue weighted by Gasteiger charge is 2.41. The van der Waals surface area contributed by atoms with Gasteiger partial charge in [-0.2, -0.15) is 15.3 Å². The fourth-order valence-electron chi connectivity index (χ4n) is 16.2. The number of rotatable bonds is 19. The van der Waals surface area contributed by atoms with E-state index in [1.807, 2.05) is 57.8 Å². The standard InChI is InChI=1S/C16H24ClN3O.C16H28N4O.2C15H26N4O.C14H24N4O.C14H23N3O2/c1-12(2)20-10-7-16(3,8-11-20)19(4)15(21)14-13(17)6-5-9-18-14;1-12(2)19-8-6-16(5,7-9-19)18-15(21)14-10-17-20(11-14)13(3)4;1-11(2)19-8-6-15(4,7-9-19)17-14(20)13-12(3)16-10-18(13)5;1-11(2)19-8-6-15(4,7-9-19)16-14(20)13-10-18(5)17-12(13)3;1-11(2)18-9-6-14(3,7-10-18)15-13(19)12-5-8-17(4)16-12;1-10(2)17-7-5-14(4,6-8-17)16-13(18)12-9-19-11(3)15-12/h5-6,9,12H,7-8,10-11H2,1-4H3;10-13H,6-9H2,1-5H3,(H,18,21);10-11H,6-9H2,1-5H3,(H,17,20);10-11H,6-9H2,1-5H3,(H,16,20);5,8,11H,6-7,9-10H2,1-4H3,(H,15,19);9-10H,5-8H2,1-4H3,(H,16,18). The van der Waals surface area contributed by atoms with E-state index in [4.69, 9.17) is 16.0 Å². The number of hydrogen-bond donors (Lipinski definition) is 5. The number of nitrogens with zero attached hydrogens (tertiary/aromatic N) is 17. The molecule has 6 amide bonds. The number of carbonyl (C=O) groups is 6. The summed E-state index contributed by atoms with van der Waals surface area (Å²) in [6.07, 6.45) is 23.6.